The van der Waals surface area contributed by atoms with Crippen LogP contribution in [0.15, 0.2) is 52.3 Å². The Bertz CT molecular complexity index is 906. The first kappa shape index (κ1) is 18.8. The van der Waals surface area contributed by atoms with Gasteiger partial charge < -0.3 is 19.6 Å². The number of oxazole rings is 1. The van der Waals surface area contributed by atoms with Gasteiger partial charge in [-0.05, 0) is 30.5 Å². The van der Waals surface area contributed by atoms with Gasteiger partial charge in [0.1, 0.15) is 18.1 Å². The summed E-state index contributed by atoms with van der Waals surface area (Å²) in [6.07, 6.45) is 0. The first-order chi connectivity index (χ1) is 13.1. The number of carbonyl (C=O) groups excluding carboxylic acids is 2. The number of aryl methyl sites for hydroxylation is 1. The molecule has 2 heterocycles. The summed E-state index contributed by atoms with van der Waals surface area (Å²) in [6, 6.07) is 11.0. The van der Waals surface area contributed by atoms with Crippen LogP contribution in [0.2, 0.25) is 0 Å². The number of hydrogen-bond acceptors (Lipinski definition) is 7. The molecule has 0 saturated carbocycles. The molecule has 1 amide bonds. The molecular weight excluding hydrogens is 368 g/mol. The van der Waals surface area contributed by atoms with Crippen LogP contribution in [-0.2, 0) is 16.1 Å². The third kappa shape index (κ3) is 4.60. The molecule has 1 unspecified atom stereocenters. The number of hydrogen-bond donors (Lipinski definition) is 2. The fourth-order valence-corrected chi connectivity index (χ4v) is 2.97. The van der Waals surface area contributed by atoms with Gasteiger partial charge in [-0.25, -0.2) is 9.78 Å². The highest BCUT2D eigenvalue weighted by Gasteiger charge is 2.23. The molecule has 8 heteroatoms. The van der Waals surface area contributed by atoms with Gasteiger partial charge in [-0.3, -0.25) is 4.79 Å². The number of esters is 1. The predicted octanol–water partition coefficient (Wildman–Crippen LogP) is 2.55. The number of aromatic nitrogens is 1. The summed E-state index contributed by atoms with van der Waals surface area (Å²) in [5.74, 6) is -0.212. The summed E-state index contributed by atoms with van der Waals surface area (Å²) in [5, 5.41) is 13.8. The van der Waals surface area contributed by atoms with E-state index in [1.54, 1.807) is 37.3 Å². The van der Waals surface area contributed by atoms with E-state index in [1.807, 2.05) is 17.5 Å². The van der Waals surface area contributed by atoms with Crippen molar-refractivity contribution in [2.75, 3.05) is 6.61 Å². The highest BCUT2D eigenvalue weighted by molar-refractivity contribution is 7.13. The van der Waals surface area contributed by atoms with E-state index in [2.05, 4.69) is 10.3 Å². The van der Waals surface area contributed by atoms with Crippen LogP contribution in [0, 0.1) is 6.92 Å². The number of benzene rings is 1. The van der Waals surface area contributed by atoms with Crippen molar-refractivity contribution in [3.63, 3.8) is 0 Å². The van der Waals surface area contributed by atoms with E-state index in [4.69, 9.17) is 9.15 Å². The number of aliphatic hydroxyl groups is 1. The van der Waals surface area contributed by atoms with E-state index in [0.717, 1.165) is 4.88 Å². The highest BCUT2D eigenvalue weighted by atomic mass is 32.1. The lowest BCUT2D eigenvalue weighted by atomic mass is 10.2. The lowest BCUT2D eigenvalue weighted by molar-refractivity contribution is -0.148. The number of thiophene rings is 1. The Hall–Kier alpha value is -2.97. The lowest BCUT2D eigenvalue weighted by Gasteiger charge is -2.15. The van der Waals surface area contributed by atoms with Gasteiger partial charge in [0.25, 0.3) is 5.91 Å². The Labute approximate surface area is 159 Å². The molecule has 0 radical (unpaired) electrons. The van der Waals surface area contributed by atoms with Gasteiger partial charge in [0, 0.05) is 5.56 Å². The Morgan fingerprint density at radius 1 is 1.26 bits per heavy atom. The largest absolute Gasteiger partial charge is 0.457 e. The first-order valence-electron chi connectivity index (χ1n) is 8.22. The first-order valence-corrected chi connectivity index (χ1v) is 9.10. The third-order valence-corrected chi connectivity index (χ3v) is 4.64. The zero-order valence-electron chi connectivity index (χ0n) is 14.5. The summed E-state index contributed by atoms with van der Waals surface area (Å²) in [4.78, 5) is 29.5. The maximum Gasteiger partial charge on any atom is 0.331 e. The van der Waals surface area contributed by atoms with Gasteiger partial charge in [0.05, 0.1) is 11.5 Å². The van der Waals surface area contributed by atoms with Crippen molar-refractivity contribution in [3.05, 3.63) is 64.9 Å². The average Bonchev–Trinajstić information content (AvgIpc) is 3.34. The van der Waals surface area contributed by atoms with E-state index in [0.29, 0.717) is 22.9 Å². The summed E-state index contributed by atoms with van der Waals surface area (Å²) in [5.41, 5.74) is 0.870. The van der Waals surface area contributed by atoms with Crippen molar-refractivity contribution in [2.24, 2.45) is 0 Å². The summed E-state index contributed by atoms with van der Waals surface area (Å²) < 4.78 is 10.8. The molecule has 3 aromatic rings. The number of rotatable bonds is 7. The standard InChI is InChI=1S/C19H18N2O5S/c1-12-15(21-18(26-12)16-8-5-9-27-16)11-25-19(24)14(10-22)20-17(23)13-6-3-2-4-7-13/h2-9,14,22H,10-11H2,1H3,(H,20,23). The van der Waals surface area contributed by atoms with Crippen molar-refractivity contribution in [2.45, 2.75) is 19.6 Å². The second-order valence-electron chi connectivity index (χ2n) is 5.68. The fourth-order valence-electron chi connectivity index (χ4n) is 2.32. The van der Waals surface area contributed by atoms with E-state index in [-0.39, 0.29) is 6.61 Å². The van der Waals surface area contributed by atoms with Crippen LogP contribution >= 0.6 is 11.3 Å². The molecular formula is C19H18N2O5S. The van der Waals surface area contributed by atoms with Gasteiger partial charge in [-0.15, -0.1) is 11.3 Å². The topological polar surface area (TPSA) is 102 Å². The number of nitrogens with one attached hydrogen (secondary N) is 1. The molecule has 7 nitrogen and oxygen atoms in total. The second-order valence-corrected chi connectivity index (χ2v) is 6.63. The quantitative estimate of drug-likeness (QED) is 0.605. The van der Waals surface area contributed by atoms with Gasteiger partial charge >= 0.3 is 5.97 Å². The molecule has 0 aliphatic rings. The van der Waals surface area contributed by atoms with Crippen LogP contribution in [0.5, 0.6) is 0 Å². The van der Waals surface area contributed by atoms with Gasteiger partial charge in [0.2, 0.25) is 5.89 Å². The Kier molecular flexibility index (Phi) is 6.00. The molecule has 2 aromatic heterocycles. The molecule has 0 spiro atoms. The highest BCUT2D eigenvalue weighted by Crippen LogP contribution is 2.26. The molecule has 0 aliphatic carbocycles. The molecule has 1 aromatic carbocycles. The molecule has 140 valence electrons. The number of aliphatic hydroxyl groups excluding tert-OH is 1. The number of carbonyl (C=O) groups is 2. The van der Waals surface area contributed by atoms with E-state index < -0.39 is 24.5 Å². The van der Waals surface area contributed by atoms with Gasteiger partial charge in [-0.1, -0.05) is 24.3 Å². The fraction of sp³-hybridized carbons (Fsp3) is 0.211. The van der Waals surface area contributed by atoms with Crippen LogP contribution in [0.25, 0.3) is 10.8 Å². The van der Waals surface area contributed by atoms with Crippen LogP contribution in [0.3, 0.4) is 0 Å². The molecule has 2 N–H and O–H groups in total. The third-order valence-electron chi connectivity index (χ3n) is 3.78. The summed E-state index contributed by atoms with van der Waals surface area (Å²) >= 11 is 1.49. The van der Waals surface area contributed by atoms with Crippen LogP contribution in [0.1, 0.15) is 21.8 Å². The number of nitrogens with zero attached hydrogens (tertiary/aromatic N) is 1. The Morgan fingerprint density at radius 2 is 2.04 bits per heavy atom. The zero-order valence-corrected chi connectivity index (χ0v) is 15.4. The van der Waals surface area contributed by atoms with Crippen molar-refractivity contribution in [1.82, 2.24) is 10.3 Å². The van der Waals surface area contributed by atoms with Crippen molar-refractivity contribution in [1.29, 1.82) is 0 Å². The second kappa shape index (κ2) is 8.61. The molecule has 27 heavy (non-hydrogen) atoms. The minimum atomic E-state index is -1.17. The van der Waals surface area contributed by atoms with Crippen molar-refractivity contribution >= 4 is 23.2 Å². The van der Waals surface area contributed by atoms with Gasteiger partial charge in [0.15, 0.2) is 6.04 Å². The Morgan fingerprint density at radius 3 is 2.70 bits per heavy atom. The van der Waals surface area contributed by atoms with Crippen LogP contribution < -0.4 is 5.32 Å². The van der Waals surface area contributed by atoms with E-state index in [1.165, 1.54) is 11.3 Å². The van der Waals surface area contributed by atoms with Crippen LogP contribution in [-0.4, -0.2) is 34.6 Å². The molecule has 0 saturated heterocycles. The minimum Gasteiger partial charge on any atom is -0.457 e. The summed E-state index contributed by atoms with van der Waals surface area (Å²) in [7, 11) is 0. The summed E-state index contributed by atoms with van der Waals surface area (Å²) in [6.45, 7) is 1.04. The maximum atomic E-state index is 12.2. The monoisotopic (exact) mass is 386 g/mol. The van der Waals surface area contributed by atoms with Crippen molar-refractivity contribution in [3.8, 4) is 10.8 Å². The van der Waals surface area contributed by atoms with Crippen LogP contribution in [0.4, 0.5) is 0 Å². The molecule has 1 atom stereocenters. The molecule has 0 aliphatic heterocycles. The maximum absolute atomic E-state index is 12.2. The van der Waals surface area contributed by atoms with E-state index in [9.17, 15) is 14.7 Å². The predicted molar refractivity (Wildman–Crippen MR) is 99.1 cm³/mol. The molecule has 3 rings (SSSR count). The number of amides is 1. The number of ether oxygens (including phenoxy) is 1. The van der Waals surface area contributed by atoms with Crippen molar-refractivity contribution < 1.29 is 23.8 Å². The lowest BCUT2D eigenvalue weighted by Crippen LogP contribution is -2.44. The zero-order chi connectivity index (χ0) is 19.2. The molecule has 0 bridgehead atoms. The van der Waals surface area contributed by atoms with Gasteiger partial charge in [-0.2, -0.15) is 0 Å². The SMILES string of the molecule is Cc1oc(-c2cccs2)nc1COC(=O)C(CO)NC(=O)c1ccccc1. The minimum absolute atomic E-state index is 0.114. The smallest absolute Gasteiger partial charge is 0.331 e. The Balaban J connectivity index is 1.60. The molecule has 0 fully saturated rings. The van der Waals surface area contributed by atoms with E-state index >= 15 is 0 Å². The normalized spacial score (nSPS) is 11.8. The average molecular weight is 386 g/mol.